The molecular weight excluding hydrogens is 206 g/mol. The van der Waals surface area contributed by atoms with E-state index in [9.17, 15) is 0 Å². The summed E-state index contributed by atoms with van der Waals surface area (Å²) < 4.78 is 0. The molecule has 98 valence electrons. The van der Waals surface area contributed by atoms with Gasteiger partial charge in [0.1, 0.15) is 0 Å². The molecule has 17 heavy (non-hydrogen) atoms. The molecule has 1 heteroatoms. The topological polar surface area (TPSA) is 26.0 Å². The minimum atomic E-state index is 0.461. The zero-order valence-corrected chi connectivity index (χ0v) is 11.7. The molecule has 0 saturated heterocycles. The summed E-state index contributed by atoms with van der Waals surface area (Å²) in [6, 6.07) is 0. The molecule has 4 saturated carbocycles. The summed E-state index contributed by atoms with van der Waals surface area (Å²) >= 11 is 0. The van der Waals surface area contributed by atoms with E-state index in [4.69, 9.17) is 5.73 Å². The highest BCUT2D eigenvalue weighted by Gasteiger charge is 2.58. The fraction of sp³-hybridized carbons (Fsp3) is 1.00. The van der Waals surface area contributed by atoms with Crippen molar-refractivity contribution in [1.82, 2.24) is 0 Å². The summed E-state index contributed by atoms with van der Waals surface area (Å²) in [5.41, 5.74) is 7.35. The van der Waals surface area contributed by atoms with E-state index in [2.05, 4.69) is 13.8 Å². The lowest BCUT2D eigenvalue weighted by Crippen LogP contribution is -2.56. The lowest BCUT2D eigenvalue weighted by atomic mass is 9.41. The van der Waals surface area contributed by atoms with Crippen molar-refractivity contribution in [3.63, 3.8) is 0 Å². The Kier molecular flexibility index (Phi) is 2.81. The molecule has 4 bridgehead atoms. The first-order valence-electron chi connectivity index (χ1n) is 7.87. The minimum absolute atomic E-state index is 0.461. The predicted octanol–water partition coefficient (Wildman–Crippen LogP) is 3.97. The van der Waals surface area contributed by atoms with Crippen LogP contribution in [0.25, 0.3) is 0 Å². The molecule has 2 N–H and O–H groups in total. The van der Waals surface area contributed by atoms with Gasteiger partial charge in [-0.05, 0) is 86.5 Å². The highest BCUT2D eigenvalue weighted by molar-refractivity contribution is 5.08. The van der Waals surface area contributed by atoms with Crippen LogP contribution in [0.1, 0.15) is 65.2 Å². The molecule has 0 aromatic carbocycles. The SMILES string of the molecule is CCC(CC)(CN)C12CC3CC(CC(C3)C1)C2. The van der Waals surface area contributed by atoms with E-state index in [0.717, 1.165) is 24.3 Å². The van der Waals surface area contributed by atoms with Gasteiger partial charge in [0.05, 0.1) is 0 Å². The summed E-state index contributed by atoms with van der Waals surface area (Å²) in [6.07, 6.45) is 11.8. The van der Waals surface area contributed by atoms with E-state index in [1.165, 1.54) is 32.1 Å². The normalized spacial score (nSPS) is 44.3. The van der Waals surface area contributed by atoms with Crippen LogP contribution in [0.3, 0.4) is 0 Å². The molecule has 0 heterocycles. The van der Waals surface area contributed by atoms with Gasteiger partial charge in [-0.3, -0.25) is 0 Å². The van der Waals surface area contributed by atoms with Gasteiger partial charge in [-0.1, -0.05) is 13.8 Å². The van der Waals surface area contributed by atoms with Crippen molar-refractivity contribution >= 4 is 0 Å². The molecule has 0 radical (unpaired) electrons. The van der Waals surface area contributed by atoms with Gasteiger partial charge in [-0.15, -0.1) is 0 Å². The van der Waals surface area contributed by atoms with Crippen LogP contribution in [0.15, 0.2) is 0 Å². The van der Waals surface area contributed by atoms with Crippen LogP contribution in [0.5, 0.6) is 0 Å². The highest BCUT2D eigenvalue weighted by Crippen LogP contribution is 2.67. The van der Waals surface area contributed by atoms with Gasteiger partial charge in [0.25, 0.3) is 0 Å². The maximum absolute atomic E-state index is 6.25. The van der Waals surface area contributed by atoms with E-state index in [-0.39, 0.29) is 0 Å². The maximum Gasteiger partial charge on any atom is -0.00154 e. The lowest BCUT2D eigenvalue weighted by molar-refractivity contribution is -0.132. The second-order valence-corrected chi connectivity index (χ2v) is 7.39. The van der Waals surface area contributed by atoms with Gasteiger partial charge in [0, 0.05) is 0 Å². The molecule has 0 aromatic rings. The lowest BCUT2D eigenvalue weighted by Gasteiger charge is -2.64. The largest absolute Gasteiger partial charge is 0.330 e. The maximum atomic E-state index is 6.25. The standard InChI is InChI=1S/C16H29N/c1-3-15(4-2,11-17)16-8-12-5-13(9-16)7-14(6-12)10-16/h12-14H,3-11,17H2,1-2H3. The van der Waals surface area contributed by atoms with Crippen molar-refractivity contribution in [3.05, 3.63) is 0 Å². The average molecular weight is 235 g/mol. The summed E-state index contributed by atoms with van der Waals surface area (Å²) in [5, 5.41) is 0. The molecule has 0 amide bonds. The Balaban J connectivity index is 1.95. The van der Waals surface area contributed by atoms with Gasteiger partial charge in [0.15, 0.2) is 0 Å². The summed E-state index contributed by atoms with van der Waals surface area (Å²) in [5.74, 6) is 3.18. The van der Waals surface area contributed by atoms with Crippen LogP contribution < -0.4 is 5.73 Å². The summed E-state index contributed by atoms with van der Waals surface area (Å²) in [4.78, 5) is 0. The molecular formula is C16H29N. The van der Waals surface area contributed by atoms with Gasteiger partial charge in [0.2, 0.25) is 0 Å². The zero-order valence-electron chi connectivity index (χ0n) is 11.7. The van der Waals surface area contributed by atoms with Crippen LogP contribution in [0, 0.1) is 28.6 Å². The minimum Gasteiger partial charge on any atom is -0.330 e. The van der Waals surface area contributed by atoms with Crippen molar-refractivity contribution in [1.29, 1.82) is 0 Å². The third-order valence-corrected chi connectivity index (χ3v) is 6.91. The summed E-state index contributed by atoms with van der Waals surface area (Å²) in [7, 11) is 0. The second kappa shape index (κ2) is 3.98. The van der Waals surface area contributed by atoms with Crippen LogP contribution in [0.2, 0.25) is 0 Å². The molecule has 4 fully saturated rings. The fourth-order valence-electron chi connectivity index (χ4n) is 6.27. The van der Waals surface area contributed by atoms with E-state index < -0.39 is 0 Å². The first kappa shape index (κ1) is 12.0. The third-order valence-electron chi connectivity index (χ3n) is 6.91. The van der Waals surface area contributed by atoms with Gasteiger partial charge in [-0.2, -0.15) is 0 Å². The molecule has 1 nitrogen and oxygen atoms in total. The van der Waals surface area contributed by atoms with Crippen molar-refractivity contribution in [2.75, 3.05) is 6.54 Å². The molecule has 4 rings (SSSR count). The molecule has 0 aliphatic heterocycles. The molecule has 0 aromatic heterocycles. The van der Waals surface area contributed by atoms with E-state index >= 15 is 0 Å². The Hall–Kier alpha value is -0.0400. The van der Waals surface area contributed by atoms with Gasteiger partial charge < -0.3 is 5.73 Å². The Labute approximate surface area is 107 Å². The first-order valence-corrected chi connectivity index (χ1v) is 7.87. The quantitative estimate of drug-likeness (QED) is 0.784. The second-order valence-electron chi connectivity index (χ2n) is 7.39. The van der Waals surface area contributed by atoms with Crippen LogP contribution in [-0.2, 0) is 0 Å². The number of hydrogen-bond donors (Lipinski definition) is 1. The van der Waals surface area contributed by atoms with Crippen molar-refractivity contribution < 1.29 is 0 Å². The van der Waals surface area contributed by atoms with Crippen molar-refractivity contribution in [2.45, 2.75) is 65.2 Å². The van der Waals surface area contributed by atoms with Crippen molar-refractivity contribution in [3.8, 4) is 0 Å². The number of hydrogen-bond acceptors (Lipinski definition) is 1. The Morgan fingerprint density at radius 1 is 0.941 bits per heavy atom. The Morgan fingerprint density at radius 2 is 1.35 bits per heavy atom. The smallest absolute Gasteiger partial charge is 0.00154 e. The number of rotatable bonds is 4. The van der Waals surface area contributed by atoms with Crippen LogP contribution >= 0.6 is 0 Å². The first-order chi connectivity index (χ1) is 8.17. The van der Waals surface area contributed by atoms with E-state index in [0.29, 0.717) is 10.8 Å². The zero-order chi connectivity index (χ0) is 12.1. The van der Waals surface area contributed by atoms with E-state index in [1.54, 1.807) is 19.3 Å². The van der Waals surface area contributed by atoms with Gasteiger partial charge >= 0.3 is 0 Å². The molecule has 0 atom stereocenters. The number of nitrogens with two attached hydrogens (primary N) is 1. The third kappa shape index (κ3) is 1.54. The highest BCUT2D eigenvalue weighted by atomic mass is 14.7. The average Bonchev–Trinajstić information content (AvgIpc) is 2.29. The Bertz CT molecular complexity index is 246. The van der Waals surface area contributed by atoms with Crippen LogP contribution in [-0.4, -0.2) is 6.54 Å². The molecule has 4 aliphatic rings. The monoisotopic (exact) mass is 235 g/mol. The molecule has 0 spiro atoms. The fourth-order valence-corrected chi connectivity index (χ4v) is 6.27. The molecule has 0 unspecified atom stereocenters. The van der Waals surface area contributed by atoms with Crippen molar-refractivity contribution in [2.24, 2.45) is 34.3 Å². The van der Waals surface area contributed by atoms with Crippen LogP contribution in [0.4, 0.5) is 0 Å². The predicted molar refractivity (Wildman–Crippen MR) is 72.7 cm³/mol. The van der Waals surface area contributed by atoms with Gasteiger partial charge in [-0.25, -0.2) is 0 Å². The summed E-state index contributed by atoms with van der Waals surface area (Å²) in [6.45, 7) is 5.69. The van der Waals surface area contributed by atoms with E-state index in [1.807, 2.05) is 0 Å². The Morgan fingerprint density at radius 3 is 1.65 bits per heavy atom. The molecule has 4 aliphatic carbocycles.